The molecule has 3 aromatic carbocycles. The number of hydrogen-bond acceptors (Lipinski definition) is 5. The first kappa shape index (κ1) is 22.1. The fraction of sp³-hybridized carbons (Fsp3) is 0.207. The smallest absolute Gasteiger partial charge is 0.256 e. The predicted molar refractivity (Wildman–Crippen MR) is 138 cm³/mol. The highest BCUT2D eigenvalue weighted by molar-refractivity contribution is 6.13. The van der Waals surface area contributed by atoms with Crippen molar-refractivity contribution in [3.8, 4) is 22.8 Å². The number of benzene rings is 3. The van der Waals surface area contributed by atoms with Gasteiger partial charge in [-0.05, 0) is 61.4 Å². The number of likely N-dealkylation sites (tertiary alicyclic amines) is 1. The fourth-order valence-electron chi connectivity index (χ4n) is 4.75. The van der Waals surface area contributed by atoms with Crippen LogP contribution in [0.4, 0.5) is 5.69 Å². The molecule has 6 rings (SSSR count). The maximum absolute atomic E-state index is 13.5. The lowest BCUT2D eigenvalue weighted by molar-refractivity contribution is 0.0792. The highest BCUT2D eigenvalue weighted by Crippen LogP contribution is 2.35. The van der Waals surface area contributed by atoms with E-state index in [0.717, 1.165) is 36.9 Å². The molecule has 2 amide bonds. The average Bonchev–Trinajstić information content (AvgIpc) is 3.47. The molecule has 1 saturated heterocycles. The van der Waals surface area contributed by atoms with Crippen molar-refractivity contribution in [2.75, 3.05) is 31.6 Å². The third kappa shape index (κ3) is 4.24. The van der Waals surface area contributed by atoms with E-state index in [2.05, 4.69) is 5.32 Å². The number of fused-ring (bicyclic) bond motifs is 2. The summed E-state index contributed by atoms with van der Waals surface area (Å²) in [4.78, 5) is 33.0. The third-order valence-electron chi connectivity index (χ3n) is 6.56. The Morgan fingerprint density at radius 1 is 0.833 bits per heavy atom. The van der Waals surface area contributed by atoms with E-state index in [9.17, 15) is 9.59 Å². The number of aromatic nitrogens is 1. The molecule has 0 saturated carbocycles. The van der Waals surface area contributed by atoms with Crippen molar-refractivity contribution in [2.45, 2.75) is 12.8 Å². The molecule has 7 nitrogen and oxygen atoms in total. The fourth-order valence-corrected chi connectivity index (χ4v) is 4.75. The molecule has 7 heteroatoms. The number of para-hydroxylation sites is 1. The molecule has 180 valence electrons. The van der Waals surface area contributed by atoms with Crippen molar-refractivity contribution < 1.29 is 19.1 Å². The maximum Gasteiger partial charge on any atom is 0.256 e. The number of amides is 2. The second-order valence-electron chi connectivity index (χ2n) is 8.96. The second kappa shape index (κ2) is 9.34. The zero-order valence-corrected chi connectivity index (χ0v) is 19.7. The molecular weight excluding hydrogens is 454 g/mol. The number of ether oxygens (including phenoxy) is 2. The zero-order chi connectivity index (χ0) is 24.5. The van der Waals surface area contributed by atoms with Gasteiger partial charge in [0.2, 0.25) is 0 Å². The van der Waals surface area contributed by atoms with Crippen LogP contribution in [-0.2, 0) is 0 Å². The number of anilines is 1. The largest absolute Gasteiger partial charge is 0.486 e. The van der Waals surface area contributed by atoms with E-state index in [1.165, 1.54) is 0 Å². The number of nitrogens with zero attached hydrogens (tertiary/aromatic N) is 2. The lowest BCUT2D eigenvalue weighted by Crippen LogP contribution is -2.27. The summed E-state index contributed by atoms with van der Waals surface area (Å²) >= 11 is 0. The summed E-state index contributed by atoms with van der Waals surface area (Å²) in [6.07, 6.45) is 2.06. The molecule has 2 aliphatic rings. The number of carbonyl (C=O) groups is 2. The third-order valence-corrected chi connectivity index (χ3v) is 6.56. The van der Waals surface area contributed by atoms with Gasteiger partial charge < -0.3 is 19.7 Å². The maximum atomic E-state index is 13.5. The van der Waals surface area contributed by atoms with Crippen LogP contribution >= 0.6 is 0 Å². The van der Waals surface area contributed by atoms with Crippen LogP contribution < -0.4 is 14.8 Å². The monoisotopic (exact) mass is 479 g/mol. The zero-order valence-electron chi connectivity index (χ0n) is 19.7. The molecular formula is C29H25N3O4. The van der Waals surface area contributed by atoms with Gasteiger partial charge in [-0.15, -0.1) is 0 Å². The summed E-state index contributed by atoms with van der Waals surface area (Å²) in [6, 6.07) is 22.2. The molecule has 3 heterocycles. The van der Waals surface area contributed by atoms with E-state index in [-0.39, 0.29) is 11.8 Å². The molecule has 4 aromatic rings. The number of pyridine rings is 1. The van der Waals surface area contributed by atoms with Gasteiger partial charge in [0, 0.05) is 35.3 Å². The summed E-state index contributed by atoms with van der Waals surface area (Å²) < 4.78 is 11.4. The molecule has 0 radical (unpaired) electrons. The Balaban J connectivity index is 1.33. The van der Waals surface area contributed by atoms with Gasteiger partial charge in [0.1, 0.15) is 13.2 Å². The molecule has 1 aromatic heterocycles. The Labute approximate surface area is 208 Å². The first-order valence-electron chi connectivity index (χ1n) is 12.2. The standard InChI is InChI=1S/C29H25N3O4/c33-28(30-21-7-5-6-20(16-21)29(34)32-12-3-4-13-32)23-18-25(31-24-9-2-1-8-22(23)24)19-10-11-26-27(17-19)36-15-14-35-26/h1-2,5-11,16-18H,3-4,12-15H2,(H,30,33). The van der Waals surface area contributed by atoms with Gasteiger partial charge in [0.15, 0.2) is 11.5 Å². The Bertz CT molecular complexity index is 1480. The minimum Gasteiger partial charge on any atom is -0.486 e. The molecule has 2 aliphatic heterocycles. The molecule has 0 spiro atoms. The highest BCUT2D eigenvalue weighted by atomic mass is 16.6. The van der Waals surface area contributed by atoms with Crippen molar-refractivity contribution in [3.63, 3.8) is 0 Å². The van der Waals surface area contributed by atoms with E-state index in [4.69, 9.17) is 14.5 Å². The van der Waals surface area contributed by atoms with Crippen LogP contribution in [0.3, 0.4) is 0 Å². The summed E-state index contributed by atoms with van der Waals surface area (Å²) in [7, 11) is 0. The number of carbonyl (C=O) groups excluding carboxylic acids is 2. The van der Waals surface area contributed by atoms with Gasteiger partial charge in [-0.25, -0.2) is 4.98 Å². The Hall–Kier alpha value is -4.39. The van der Waals surface area contributed by atoms with Crippen LogP contribution in [0, 0.1) is 0 Å². The summed E-state index contributed by atoms with van der Waals surface area (Å²) in [6.45, 7) is 2.58. The highest BCUT2D eigenvalue weighted by Gasteiger charge is 2.21. The van der Waals surface area contributed by atoms with Crippen LogP contribution in [0.5, 0.6) is 11.5 Å². The molecule has 0 unspecified atom stereocenters. The van der Waals surface area contributed by atoms with E-state index < -0.39 is 0 Å². The van der Waals surface area contributed by atoms with Crippen molar-refractivity contribution in [3.05, 3.63) is 83.9 Å². The molecule has 36 heavy (non-hydrogen) atoms. The molecule has 1 fully saturated rings. The van der Waals surface area contributed by atoms with Gasteiger partial charge >= 0.3 is 0 Å². The van der Waals surface area contributed by atoms with E-state index in [1.807, 2.05) is 47.4 Å². The first-order chi connectivity index (χ1) is 17.7. The van der Waals surface area contributed by atoms with Gasteiger partial charge in [0.05, 0.1) is 16.8 Å². The Morgan fingerprint density at radius 3 is 2.50 bits per heavy atom. The van der Waals surface area contributed by atoms with Crippen molar-refractivity contribution in [2.24, 2.45) is 0 Å². The number of rotatable bonds is 4. The Kier molecular flexibility index (Phi) is 5.73. The van der Waals surface area contributed by atoms with Gasteiger partial charge in [0.25, 0.3) is 11.8 Å². The molecule has 1 N–H and O–H groups in total. The van der Waals surface area contributed by atoms with Gasteiger partial charge in [-0.3, -0.25) is 9.59 Å². The number of nitrogens with one attached hydrogen (secondary N) is 1. The minimum absolute atomic E-state index is 0.00106. The average molecular weight is 480 g/mol. The minimum atomic E-state index is -0.266. The lowest BCUT2D eigenvalue weighted by Gasteiger charge is -2.19. The summed E-state index contributed by atoms with van der Waals surface area (Å²) in [5.41, 5.74) is 3.86. The molecule has 0 atom stereocenters. The van der Waals surface area contributed by atoms with Gasteiger partial charge in [-0.1, -0.05) is 24.3 Å². The van der Waals surface area contributed by atoms with E-state index in [0.29, 0.717) is 52.7 Å². The summed E-state index contributed by atoms with van der Waals surface area (Å²) in [5, 5.41) is 3.73. The van der Waals surface area contributed by atoms with Crippen molar-refractivity contribution in [1.29, 1.82) is 0 Å². The van der Waals surface area contributed by atoms with E-state index in [1.54, 1.807) is 30.3 Å². The quantitative estimate of drug-likeness (QED) is 0.437. The Morgan fingerprint density at radius 2 is 1.64 bits per heavy atom. The summed E-state index contributed by atoms with van der Waals surface area (Å²) in [5.74, 6) is 1.10. The van der Waals surface area contributed by atoms with Gasteiger partial charge in [-0.2, -0.15) is 0 Å². The normalized spacial score (nSPS) is 14.6. The predicted octanol–water partition coefficient (Wildman–Crippen LogP) is 5.16. The second-order valence-corrected chi connectivity index (χ2v) is 8.96. The van der Waals surface area contributed by atoms with E-state index >= 15 is 0 Å². The van der Waals surface area contributed by atoms with Crippen LogP contribution in [0.2, 0.25) is 0 Å². The lowest BCUT2D eigenvalue weighted by atomic mass is 10.0. The molecule has 0 aliphatic carbocycles. The van der Waals surface area contributed by atoms with Crippen LogP contribution in [0.25, 0.3) is 22.2 Å². The van der Waals surface area contributed by atoms with Crippen molar-refractivity contribution in [1.82, 2.24) is 9.88 Å². The number of hydrogen-bond donors (Lipinski definition) is 1. The van der Waals surface area contributed by atoms with Crippen LogP contribution in [-0.4, -0.2) is 48.0 Å². The van der Waals surface area contributed by atoms with Crippen LogP contribution in [0.15, 0.2) is 72.8 Å². The topological polar surface area (TPSA) is 80.8 Å². The van der Waals surface area contributed by atoms with Crippen LogP contribution in [0.1, 0.15) is 33.6 Å². The van der Waals surface area contributed by atoms with Crippen molar-refractivity contribution >= 4 is 28.4 Å². The first-order valence-corrected chi connectivity index (χ1v) is 12.2. The SMILES string of the molecule is O=C(Nc1cccc(C(=O)N2CCCC2)c1)c1cc(-c2ccc3c(c2)OCCO3)nc2ccccc12. The molecule has 0 bridgehead atoms.